The van der Waals surface area contributed by atoms with E-state index in [-0.39, 0.29) is 28.8 Å². The van der Waals surface area contributed by atoms with Crippen LogP contribution in [0, 0.1) is 11.8 Å². The zero-order chi connectivity index (χ0) is 30.4. The Morgan fingerprint density at radius 3 is 2.62 bits per heavy atom. The summed E-state index contributed by atoms with van der Waals surface area (Å²) in [5.74, 6) is 1.73. The number of allylic oxidation sites excluding steroid dienone is 1. The molecule has 4 atom stereocenters. The van der Waals surface area contributed by atoms with E-state index in [1.54, 1.807) is 7.11 Å². The standard InChI is InChI=1S/C36H57NO5/c1-5-6-9-12-30(38)19-15-28-16-22-33(39)32(28)13-10-7-8-11-14-34(40)37-25-23-36(24-26-42-35(2,3)27-36)29-17-20-31(41-4)21-18-29/h15,17-21,28,30,32,38H,5-14,16,22-27H2,1-4H3,(H,37,40)/t28-,30+,32-,36+/m1/s1. The van der Waals surface area contributed by atoms with Crippen LogP contribution >= 0.6 is 0 Å². The van der Waals surface area contributed by atoms with Crippen LogP contribution in [0.25, 0.3) is 0 Å². The Hall–Kier alpha value is -2.18. The van der Waals surface area contributed by atoms with Crippen molar-refractivity contribution < 1.29 is 24.2 Å². The molecule has 42 heavy (non-hydrogen) atoms. The lowest BCUT2D eigenvalue weighted by Gasteiger charge is -2.45. The lowest BCUT2D eigenvalue weighted by atomic mass is 9.67. The van der Waals surface area contributed by atoms with Crippen molar-refractivity contribution in [3.63, 3.8) is 0 Å². The van der Waals surface area contributed by atoms with Crippen LogP contribution < -0.4 is 10.1 Å². The third-order valence-corrected chi connectivity index (χ3v) is 9.47. The molecular formula is C36H57NO5. The van der Waals surface area contributed by atoms with Crippen molar-refractivity contribution in [1.29, 1.82) is 0 Å². The Morgan fingerprint density at radius 1 is 1.14 bits per heavy atom. The molecule has 1 heterocycles. The van der Waals surface area contributed by atoms with Gasteiger partial charge in [-0.2, -0.15) is 0 Å². The number of nitrogens with one attached hydrogen (secondary N) is 1. The highest BCUT2D eigenvalue weighted by atomic mass is 16.5. The molecule has 6 heteroatoms. The second kappa shape index (κ2) is 17.2. The highest BCUT2D eigenvalue weighted by Crippen LogP contribution is 2.44. The van der Waals surface area contributed by atoms with Gasteiger partial charge in [0.1, 0.15) is 11.5 Å². The van der Waals surface area contributed by atoms with Gasteiger partial charge in [-0.3, -0.25) is 9.59 Å². The van der Waals surface area contributed by atoms with Crippen LogP contribution in [0.4, 0.5) is 0 Å². The van der Waals surface area contributed by atoms with E-state index in [9.17, 15) is 14.7 Å². The number of amides is 1. The molecule has 2 fully saturated rings. The number of carbonyl (C=O) groups is 2. The molecule has 1 aliphatic carbocycles. The van der Waals surface area contributed by atoms with Gasteiger partial charge in [-0.25, -0.2) is 0 Å². The summed E-state index contributed by atoms with van der Waals surface area (Å²) in [5, 5.41) is 13.4. The lowest BCUT2D eigenvalue weighted by molar-refractivity contribution is -0.122. The molecule has 1 aromatic rings. The van der Waals surface area contributed by atoms with E-state index in [2.05, 4.69) is 44.3 Å². The third-order valence-electron chi connectivity index (χ3n) is 9.47. The van der Waals surface area contributed by atoms with Gasteiger partial charge >= 0.3 is 0 Å². The van der Waals surface area contributed by atoms with Crippen molar-refractivity contribution in [3.05, 3.63) is 42.0 Å². The fourth-order valence-corrected chi connectivity index (χ4v) is 7.07. The summed E-state index contributed by atoms with van der Waals surface area (Å²) in [6.45, 7) is 7.86. The average molecular weight is 584 g/mol. The predicted molar refractivity (Wildman–Crippen MR) is 170 cm³/mol. The molecule has 3 rings (SSSR count). The van der Waals surface area contributed by atoms with Crippen LogP contribution in [0.5, 0.6) is 5.75 Å². The van der Waals surface area contributed by atoms with Crippen LogP contribution in [0.1, 0.15) is 123 Å². The maximum absolute atomic E-state index is 12.6. The van der Waals surface area contributed by atoms with Gasteiger partial charge in [0.15, 0.2) is 0 Å². The molecule has 6 nitrogen and oxygen atoms in total. The number of Topliss-reactive ketones (excluding diaryl/α,β-unsaturated/α-hetero) is 1. The molecule has 0 unspecified atom stereocenters. The van der Waals surface area contributed by atoms with Crippen LogP contribution in [-0.2, 0) is 19.7 Å². The molecule has 1 saturated carbocycles. The molecule has 1 amide bonds. The van der Waals surface area contributed by atoms with Crippen molar-refractivity contribution in [2.75, 3.05) is 20.3 Å². The van der Waals surface area contributed by atoms with Crippen LogP contribution in [0.3, 0.4) is 0 Å². The number of benzene rings is 1. The first-order chi connectivity index (χ1) is 20.2. The maximum Gasteiger partial charge on any atom is 0.219 e. The van der Waals surface area contributed by atoms with Gasteiger partial charge < -0.3 is 19.9 Å². The summed E-state index contributed by atoms with van der Waals surface area (Å²) in [7, 11) is 1.69. The number of aliphatic hydroxyl groups is 1. The number of hydrogen-bond acceptors (Lipinski definition) is 5. The van der Waals surface area contributed by atoms with Crippen molar-refractivity contribution in [2.45, 2.75) is 134 Å². The highest BCUT2D eigenvalue weighted by Gasteiger charge is 2.41. The Balaban J connectivity index is 1.35. The van der Waals surface area contributed by atoms with Crippen molar-refractivity contribution in [1.82, 2.24) is 5.32 Å². The third kappa shape index (κ3) is 10.8. The fourth-order valence-electron chi connectivity index (χ4n) is 7.07. The van der Waals surface area contributed by atoms with Crippen molar-refractivity contribution in [3.8, 4) is 5.75 Å². The molecule has 0 radical (unpaired) electrons. The first-order valence-corrected chi connectivity index (χ1v) is 16.6. The number of rotatable bonds is 18. The number of ether oxygens (including phenoxy) is 2. The van der Waals surface area contributed by atoms with E-state index in [0.29, 0.717) is 25.2 Å². The number of carbonyl (C=O) groups excluding carboxylic acids is 2. The van der Waals surface area contributed by atoms with E-state index < -0.39 is 6.10 Å². The molecule has 0 spiro atoms. The van der Waals surface area contributed by atoms with Gasteiger partial charge in [0.25, 0.3) is 0 Å². The Kier molecular flexibility index (Phi) is 14.1. The van der Waals surface area contributed by atoms with Crippen LogP contribution in [0.15, 0.2) is 36.4 Å². The Morgan fingerprint density at radius 2 is 1.90 bits per heavy atom. The second-order valence-electron chi connectivity index (χ2n) is 13.3. The largest absolute Gasteiger partial charge is 0.497 e. The van der Waals surface area contributed by atoms with E-state index in [0.717, 1.165) is 95.8 Å². The van der Waals surface area contributed by atoms with Crippen molar-refractivity contribution in [2.24, 2.45) is 11.8 Å². The second-order valence-corrected chi connectivity index (χ2v) is 13.3. The molecule has 2 N–H and O–H groups in total. The van der Waals surface area contributed by atoms with Crippen molar-refractivity contribution >= 4 is 11.7 Å². The maximum atomic E-state index is 12.6. The first kappa shape index (κ1) is 34.3. The van der Waals surface area contributed by atoms with E-state index in [4.69, 9.17) is 9.47 Å². The molecule has 2 aliphatic rings. The summed E-state index contributed by atoms with van der Waals surface area (Å²) in [4.78, 5) is 25.1. The first-order valence-electron chi connectivity index (χ1n) is 16.6. The fraction of sp³-hybridized carbons (Fsp3) is 0.722. The van der Waals surface area contributed by atoms with Gasteiger partial charge in [0.05, 0.1) is 18.8 Å². The molecule has 1 saturated heterocycles. The molecule has 1 aromatic carbocycles. The van der Waals surface area contributed by atoms with E-state index in [1.165, 1.54) is 5.56 Å². The Labute approximate surface area is 255 Å². The molecule has 0 bridgehead atoms. The quantitative estimate of drug-likeness (QED) is 0.138. The monoisotopic (exact) mass is 583 g/mol. The smallest absolute Gasteiger partial charge is 0.219 e. The zero-order valence-electron chi connectivity index (χ0n) is 26.8. The number of aliphatic hydroxyl groups excluding tert-OH is 1. The minimum Gasteiger partial charge on any atom is -0.497 e. The minimum absolute atomic E-state index is 0.0286. The molecule has 236 valence electrons. The van der Waals surface area contributed by atoms with Crippen LogP contribution in [0.2, 0.25) is 0 Å². The van der Waals surface area contributed by atoms with E-state index >= 15 is 0 Å². The molecule has 0 aromatic heterocycles. The minimum atomic E-state index is -0.393. The summed E-state index contributed by atoms with van der Waals surface area (Å²) in [6.07, 6.45) is 17.5. The summed E-state index contributed by atoms with van der Waals surface area (Å²) in [6, 6.07) is 8.38. The number of unbranched alkanes of at least 4 members (excludes halogenated alkanes) is 5. The summed E-state index contributed by atoms with van der Waals surface area (Å²) in [5.41, 5.74) is 1.06. The lowest BCUT2D eigenvalue weighted by Crippen LogP contribution is -2.45. The number of hydrogen-bond donors (Lipinski definition) is 2. The SMILES string of the molecule is CCCCC[C@H](O)C=C[C@@H]1CCC(=O)[C@@H]1CCCCCCC(=O)NCC[C@]1(c2ccc(OC)cc2)CCOC(C)(C)C1. The highest BCUT2D eigenvalue weighted by molar-refractivity contribution is 5.83. The molecule has 1 aliphatic heterocycles. The summed E-state index contributed by atoms with van der Waals surface area (Å²) >= 11 is 0. The predicted octanol–water partition coefficient (Wildman–Crippen LogP) is 7.46. The summed E-state index contributed by atoms with van der Waals surface area (Å²) < 4.78 is 11.4. The average Bonchev–Trinajstić information content (AvgIpc) is 3.32. The number of ketones is 1. The zero-order valence-corrected chi connectivity index (χ0v) is 26.8. The van der Waals surface area contributed by atoms with E-state index in [1.807, 2.05) is 18.2 Å². The van der Waals surface area contributed by atoms with Gasteiger partial charge in [0, 0.05) is 37.3 Å². The van der Waals surface area contributed by atoms with Gasteiger partial charge in [-0.05, 0) is 82.4 Å². The number of methoxy groups -OCH3 is 1. The normalized spacial score (nSPS) is 24.6. The van der Waals surface area contributed by atoms with Gasteiger partial charge in [0.2, 0.25) is 5.91 Å². The molecular weight excluding hydrogens is 526 g/mol. The van der Waals surface area contributed by atoms with Crippen LogP contribution in [-0.4, -0.2) is 48.8 Å². The van der Waals surface area contributed by atoms with Gasteiger partial charge in [-0.1, -0.05) is 69.7 Å². The topological polar surface area (TPSA) is 84.9 Å². The van der Waals surface area contributed by atoms with Gasteiger partial charge in [-0.15, -0.1) is 0 Å². The Bertz CT molecular complexity index is 987.